The van der Waals surface area contributed by atoms with Gasteiger partial charge in [0.25, 0.3) is 0 Å². The standard InChI is InChI=1S/C16H23N3/c1-10(2)9-19-13(5)18-15(16(19)17)14-7-6-11(3)8-12(14)4/h6-8,10H,9,17H2,1-5H3. The van der Waals surface area contributed by atoms with Gasteiger partial charge in [0.1, 0.15) is 17.3 Å². The normalized spacial score (nSPS) is 11.3. The number of nitrogens with zero attached hydrogens (tertiary/aromatic N) is 2. The summed E-state index contributed by atoms with van der Waals surface area (Å²) in [6.07, 6.45) is 0. The van der Waals surface area contributed by atoms with E-state index >= 15 is 0 Å². The number of imidazole rings is 1. The first-order valence-electron chi connectivity index (χ1n) is 6.80. The van der Waals surface area contributed by atoms with E-state index in [2.05, 4.69) is 55.4 Å². The largest absolute Gasteiger partial charge is 0.383 e. The third-order valence-corrected chi connectivity index (χ3v) is 3.38. The monoisotopic (exact) mass is 257 g/mol. The summed E-state index contributed by atoms with van der Waals surface area (Å²) in [5.74, 6) is 2.32. The predicted molar refractivity (Wildman–Crippen MR) is 81.1 cm³/mol. The highest BCUT2D eigenvalue weighted by Gasteiger charge is 2.15. The molecular weight excluding hydrogens is 234 g/mol. The Morgan fingerprint density at radius 1 is 1.21 bits per heavy atom. The molecule has 0 atom stereocenters. The number of anilines is 1. The third kappa shape index (κ3) is 2.65. The van der Waals surface area contributed by atoms with Crippen molar-refractivity contribution < 1.29 is 0 Å². The quantitative estimate of drug-likeness (QED) is 0.910. The van der Waals surface area contributed by atoms with Gasteiger partial charge >= 0.3 is 0 Å². The van der Waals surface area contributed by atoms with Gasteiger partial charge in [-0.2, -0.15) is 0 Å². The summed E-state index contributed by atoms with van der Waals surface area (Å²) < 4.78 is 2.11. The summed E-state index contributed by atoms with van der Waals surface area (Å²) >= 11 is 0. The van der Waals surface area contributed by atoms with Crippen molar-refractivity contribution in [3.63, 3.8) is 0 Å². The predicted octanol–water partition coefficient (Wildman–Crippen LogP) is 3.71. The van der Waals surface area contributed by atoms with Crippen LogP contribution in [0.1, 0.15) is 30.8 Å². The number of nitrogens with two attached hydrogens (primary N) is 1. The van der Waals surface area contributed by atoms with Gasteiger partial charge < -0.3 is 10.3 Å². The molecule has 2 aromatic rings. The van der Waals surface area contributed by atoms with Gasteiger partial charge in [-0.1, -0.05) is 37.6 Å². The topological polar surface area (TPSA) is 43.8 Å². The SMILES string of the molecule is Cc1ccc(-c2nc(C)n(CC(C)C)c2N)c(C)c1. The van der Waals surface area contributed by atoms with Crippen LogP contribution < -0.4 is 5.73 Å². The lowest BCUT2D eigenvalue weighted by molar-refractivity contribution is 0.518. The fourth-order valence-electron chi connectivity index (χ4n) is 2.45. The first-order chi connectivity index (χ1) is 8.90. The average molecular weight is 257 g/mol. The van der Waals surface area contributed by atoms with Gasteiger partial charge in [0.15, 0.2) is 0 Å². The molecule has 19 heavy (non-hydrogen) atoms. The van der Waals surface area contributed by atoms with E-state index in [-0.39, 0.29) is 0 Å². The lowest BCUT2D eigenvalue weighted by Gasteiger charge is -2.11. The number of aryl methyl sites for hydroxylation is 3. The van der Waals surface area contributed by atoms with E-state index in [1.807, 2.05) is 6.92 Å². The molecule has 3 nitrogen and oxygen atoms in total. The second-order valence-electron chi connectivity index (χ2n) is 5.72. The minimum atomic E-state index is 0.558. The second kappa shape index (κ2) is 5.08. The zero-order chi connectivity index (χ0) is 14.2. The molecule has 0 unspecified atom stereocenters. The van der Waals surface area contributed by atoms with Crippen LogP contribution >= 0.6 is 0 Å². The Morgan fingerprint density at radius 2 is 1.89 bits per heavy atom. The van der Waals surface area contributed by atoms with Gasteiger partial charge in [0.05, 0.1) is 0 Å². The molecular formula is C16H23N3. The Balaban J connectivity index is 2.51. The Morgan fingerprint density at radius 3 is 2.47 bits per heavy atom. The molecule has 0 saturated carbocycles. The van der Waals surface area contributed by atoms with Crippen LogP contribution in [0.15, 0.2) is 18.2 Å². The molecule has 3 heteroatoms. The maximum Gasteiger partial charge on any atom is 0.131 e. The van der Waals surface area contributed by atoms with Crippen molar-refractivity contribution in [3.8, 4) is 11.3 Å². The molecule has 1 aromatic carbocycles. The average Bonchev–Trinajstić information content (AvgIpc) is 2.57. The molecule has 0 fully saturated rings. The molecule has 102 valence electrons. The summed E-state index contributed by atoms with van der Waals surface area (Å²) in [6, 6.07) is 6.40. The maximum atomic E-state index is 6.29. The molecule has 1 heterocycles. The summed E-state index contributed by atoms with van der Waals surface area (Å²) in [5, 5.41) is 0. The Hall–Kier alpha value is -1.77. The molecule has 0 aliphatic rings. The summed E-state index contributed by atoms with van der Waals surface area (Å²) in [7, 11) is 0. The van der Waals surface area contributed by atoms with Crippen molar-refractivity contribution >= 4 is 5.82 Å². The number of aromatic nitrogens is 2. The van der Waals surface area contributed by atoms with E-state index in [4.69, 9.17) is 5.73 Å². The van der Waals surface area contributed by atoms with Crippen LogP contribution in [-0.2, 0) is 6.54 Å². The number of hydrogen-bond acceptors (Lipinski definition) is 2. The fraction of sp³-hybridized carbons (Fsp3) is 0.438. The smallest absolute Gasteiger partial charge is 0.131 e. The van der Waals surface area contributed by atoms with E-state index < -0.39 is 0 Å². The lowest BCUT2D eigenvalue weighted by Crippen LogP contribution is -2.09. The van der Waals surface area contributed by atoms with Crippen LogP contribution in [0, 0.1) is 26.7 Å². The van der Waals surface area contributed by atoms with Gasteiger partial charge in [-0.05, 0) is 32.3 Å². The molecule has 1 aromatic heterocycles. The Kier molecular flexibility index (Phi) is 3.65. The van der Waals surface area contributed by atoms with Crippen molar-refractivity contribution in [3.05, 3.63) is 35.2 Å². The van der Waals surface area contributed by atoms with Gasteiger partial charge in [-0.25, -0.2) is 4.98 Å². The van der Waals surface area contributed by atoms with Crippen molar-refractivity contribution in [2.45, 2.75) is 41.2 Å². The highest BCUT2D eigenvalue weighted by atomic mass is 15.1. The van der Waals surface area contributed by atoms with E-state index in [1.165, 1.54) is 11.1 Å². The maximum absolute atomic E-state index is 6.29. The minimum Gasteiger partial charge on any atom is -0.383 e. The molecule has 0 amide bonds. The van der Waals surface area contributed by atoms with Gasteiger partial charge in [-0.15, -0.1) is 0 Å². The van der Waals surface area contributed by atoms with Crippen LogP contribution in [0.25, 0.3) is 11.3 Å². The fourth-order valence-corrected chi connectivity index (χ4v) is 2.45. The molecule has 0 radical (unpaired) electrons. The summed E-state index contributed by atoms with van der Waals surface area (Å²) in [6.45, 7) is 11.5. The van der Waals surface area contributed by atoms with E-state index in [0.29, 0.717) is 5.92 Å². The first-order valence-corrected chi connectivity index (χ1v) is 6.80. The molecule has 0 spiro atoms. The number of rotatable bonds is 3. The molecule has 0 aliphatic heterocycles. The minimum absolute atomic E-state index is 0.558. The van der Waals surface area contributed by atoms with Gasteiger partial charge in [0.2, 0.25) is 0 Å². The van der Waals surface area contributed by atoms with Crippen LogP contribution in [0.2, 0.25) is 0 Å². The highest BCUT2D eigenvalue weighted by Crippen LogP contribution is 2.29. The molecule has 2 rings (SSSR count). The third-order valence-electron chi connectivity index (χ3n) is 3.38. The number of hydrogen-bond donors (Lipinski definition) is 1. The number of benzene rings is 1. The van der Waals surface area contributed by atoms with Gasteiger partial charge in [-0.3, -0.25) is 0 Å². The lowest BCUT2D eigenvalue weighted by atomic mass is 10.0. The van der Waals surface area contributed by atoms with E-state index in [9.17, 15) is 0 Å². The zero-order valence-electron chi connectivity index (χ0n) is 12.5. The molecule has 0 aliphatic carbocycles. The van der Waals surface area contributed by atoms with Crippen LogP contribution in [0.5, 0.6) is 0 Å². The second-order valence-corrected chi connectivity index (χ2v) is 5.72. The van der Waals surface area contributed by atoms with Crippen LogP contribution in [0.4, 0.5) is 5.82 Å². The molecule has 0 bridgehead atoms. The van der Waals surface area contributed by atoms with E-state index in [0.717, 1.165) is 29.4 Å². The Labute approximate surface area is 115 Å². The zero-order valence-corrected chi connectivity index (χ0v) is 12.5. The van der Waals surface area contributed by atoms with Gasteiger partial charge in [0, 0.05) is 12.1 Å². The van der Waals surface area contributed by atoms with Crippen LogP contribution in [-0.4, -0.2) is 9.55 Å². The van der Waals surface area contributed by atoms with Crippen molar-refractivity contribution in [1.29, 1.82) is 0 Å². The number of nitrogen functional groups attached to an aromatic ring is 1. The van der Waals surface area contributed by atoms with E-state index in [1.54, 1.807) is 0 Å². The van der Waals surface area contributed by atoms with Crippen LogP contribution in [0.3, 0.4) is 0 Å². The summed E-state index contributed by atoms with van der Waals surface area (Å²) in [5.41, 5.74) is 10.8. The first kappa shape index (κ1) is 13.7. The van der Waals surface area contributed by atoms with Crippen molar-refractivity contribution in [2.75, 3.05) is 5.73 Å². The van der Waals surface area contributed by atoms with Crippen molar-refractivity contribution in [1.82, 2.24) is 9.55 Å². The highest BCUT2D eigenvalue weighted by molar-refractivity contribution is 5.73. The summed E-state index contributed by atoms with van der Waals surface area (Å²) in [4.78, 5) is 4.66. The Bertz CT molecular complexity index is 594. The molecule has 2 N–H and O–H groups in total. The molecule has 0 saturated heterocycles. The van der Waals surface area contributed by atoms with Crippen molar-refractivity contribution in [2.24, 2.45) is 5.92 Å².